The number of ether oxygens (including phenoxy) is 2. The van der Waals surface area contributed by atoms with Gasteiger partial charge in [0, 0.05) is 25.7 Å². The third kappa shape index (κ3) is 9.37. The average molecular weight is 336 g/mol. The SMILES string of the molecule is COCCN(C)CCOc1cccc(CN=C(N)NC(C)(C)C)c1. The minimum absolute atomic E-state index is 0.0899. The maximum Gasteiger partial charge on any atom is 0.189 e. The van der Waals surface area contributed by atoms with E-state index >= 15 is 0 Å². The van der Waals surface area contributed by atoms with Gasteiger partial charge in [-0.3, -0.25) is 0 Å². The number of nitrogens with two attached hydrogens (primary N) is 1. The predicted octanol–water partition coefficient (Wildman–Crippen LogP) is 1.85. The standard InChI is InChI=1S/C18H32N4O2/c1-18(2,3)21-17(19)20-14-15-7-6-8-16(13-15)24-12-10-22(4)9-11-23-5/h6-8,13H,9-12,14H2,1-5H3,(H3,19,20,21). The van der Waals surface area contributed by atoms with Crippen molar-refractivity contribution in [2.75, 3.05) is 40.5 Å². The van der Waals surface area contributed by atoms with Gasteiger partial charge in [-0.2, -0.15) is 0 Å². The molecule has 0 unspecified atom stereocenters. The van der Waals surface area contributed by atoms with Crippen LogP contribution in [0.5, 0.6) is 5.75 Å². The van der Waals surface area contributed by atoms with E-state index < -0.39 is 0 Å². The summed E-state index contributed by atoms with van der Waals surface area (Å²) in [5.74, 6) is 1.30. The van der Waals surface area contributed by atoms with Gasteiger partial charge >= 0.3 is 0 Å². The minimum atomic E-state index is -0.0899. The smallest absolute Gasteiger partial charge is 0.189 e. The van der Waals surface area contributed by atoms with Crippen LogP contribution in [0.3, 0.4) is 0 Å². The molecule has 1 aromatic rings. The van der Waals surface area contributed by atoms with Gasteiger partial charge in [-0.05, 0) is 45.5 Å². The van der Waals surface area contributed by atoms with Crippen LogP contribution in [0, 0.1) is 0 Å². The first-order chi connectivity index (χ1) is 11.3. The number of benzene rings is 1. The first kappa shape index (κ1) is 20.3. The molecule has 0 saturated carbocycles. The Labute approximate surface area is 146 Å². The number of rotatable bonds is 9. The maximum absolute atomic E-state index is 5.89. The Hall–Kier alpha value is -1.79. The van der Waals surface area contributed by atoms with E-state index in [-0.39, 0.29) is 5.54 Å². The number of aliphatic imine (C=N–C) groups is 1. The molecule has 1 aromatic carbocycles. The van der Waals surface area contributed by atoms with Gasteiger partial charge in [0.05, 0.1) is 13.2 Å². The Balaban J connectivity index is 2.45. The van der Waals surface area contributed by atoms with Gasteiger partial charge in [0.15, 0.2) is 5.96 Å². The summed E-state index contributed by atoms with van der Waals surface area (Å²) < 4.78 is 10.9. The fraction of sp³-hybridized carbons (Fsp3) is 0.611. The highest BCUT2D eigenvalue weighted by Gasteiger charge is 2.09. The summed E-state index contributed by atoms with van der Waals surface area (Å²) in [6, 6.07) is 7.95. The molecule has 0 aliphatic carbocycles. The summed E-state index contributed by atoms with van der Waals surface area (Å²) in [6.07, 6.45) is 0. The zero-order chi connectivity index (χ0) is 18.0. The van der Waals surface area contributed by atoms with Crippen LogP contribution in [0.15, 0.2) is 29.3 Å². The topological polar surface area (TPSA) is 72.1 Å². The van der Waals surface area contributed by atoms with Crippen LogP contribution in [0.4, 0.5) is 0 Å². The van der Waals surface area contributed by atoms with Gasteiger partial charge in [-0.1, -0.05) is 12.1 Å². The quantitative estimate of drug-likeness (QED) is 0.532. The lowest BCUT2D eigenvalue weighted by Gasteiger charge is -2.21. The Bertz CT molecular complexity index is 512. The molecule has 6 heteroatoms. The normalized spacial score (nSPS) is 12.5. The van der Waals surface area contributed by atoms with Crippen molar-refractivity contribution in [3.63, 3.8) is 0 Å². The zero-order valence-corrected chi connectivity index (χ0v) is 15.6. The van der Waals surface area contributed by atoms with Gasteiger partial charge in [0.2, 0.25) is 0 Å². The maximum atomic E-state index is 5.89. The van der Waals surface area contributed by atoms with Gasteiger partial charge in [-0.25, -0.2) is 4.99 Å². The number of guanidine groups is 1. The number of hydrogen-bond donors (Lipinski definition) is 2. The Morgan fingerprint density at radius 1 is 1.25 bits per heavy atom. The van der Waals surface area contributed by atoms with Gasteiger partial charge < -0.3 is 25.4 Å². The molecule has 136 valence electrons. The lowest BCUT2D eigenvalue weighted by atomic mass is 10.1. The number of nitrogens with one attached hydrogen (secondary N) is 1. The molecule has 0 atom stereocenters. The third-order valence-electron chi connectivity index (χ3n) is 3.25. The predicted molar refractivity (Wildman–Crippen MR) is 99.5 cm³/mol. The third-order valence-corrected chi connectivity index (χ3v) is 3.25. The molecule has 24 heavy (non-hydrogen) atoms. The number of hydrogen-bond acceptors (Lipinski definition) is 4. The Kier molecular flexibility index (Phi) is 8.57. The van der Waals surface area contributed by atoms with E-state index in [4.69, 9.17) is 15.2 Å². The molecule has 0 heterocycles. The summed E-state index contributed by atoms with van der Waals surface area (Å²) in [5.41, 5.74) is 6.87. The second-order valence-corrected chi connectivity index (χ2v) is 6.87. The van der Waals surface area contributed by atoms with E-state index in [2.05, 4.69) is 22.3 Å². The molecule has 0 amide bonds. The number of nitrogens with zero attached hydrogens (tertiary/aromatic N) is 2. The highest BCUT2D eigenvalue weighted by molar-refractivity contribution is 5.78. The highest BCUT2D eigenvalue weighted by Crippen LogP contribution is 2.14. The summed E-state index contributed by atoms with van der Waals surface area (Å²) in [4.78, 5) is 6.55. The second kappa shape index (κ2) is 10.2. The van der Waals surface area contributed by atoms with Gasteiger partial charge in [-0.15, -0.1) is 0 Å². The van der Waals surface area contributed by atoms with Gasteiger partial charge in [0.1, 0.15) is 12.4 Å². The molecule has 0 bridgehead atoms. The molecular formula is C18H32N4O2. The van der Waals surface area contributed by atoms with Crippen molar-refractivity contribution in [1.82, 2.24) is 10.2 Å². The average Bonchev–Trinajstić information content (AvgIpc) is 2.50. The van der Waals surface area contributed by atoms with Crippen LogP contribution in [0.2, 0.25) is 0 Å². The van der Waals surface area contributed by atoms with Crippen LogP contribution in [-0.4, -0.2) is 56.9 Å². The summed E-state index contributed by atoms with van der Waals surface area (Å²) in [5, 5.41) is 3.15. The summed E-state index contributed by atoms with van der Waals surface area (Å²) in [7, 11) is 3.76. The molecule has 0 radical (unpaired) electrons. The minimum Gasteiger partial charge on any atom is -0.492 e. The highest BCUT2D eigenvalue weighted by atomic mass is 16.5. The van der Waals surface area contributed by atoms with Crippen LogP contribution in [0.25, 0.3) is 0 Å². The molecule has 0 spiro atoms. The number of likely N-dealkylation sites (N-methyl/N-ethyl adjacent to an activating group) is 1. The van der Waals surface area contributed by atoms with Crippen LogP contribution in [0.1, 0.15) is 26.3 Å². The van der Waals surface area contributed by atoms with E-state index in [1.165, 1.54) is 0 Å². The molecule has 0 aliphatic rings. The van der Waals surface area contributed by atoms with Crippen LogP contribution < -0.4 is 15.8 Å². The summed E-state index contributed by atoms with van der Waals surface area (Å²) in [6.45, 7) is 9.80. The van der Waals surface area contributed by atoms with Crippen molar-refractivity contribution in [1.29, 1.82) is 0 Å². The van der Waals surface area contributed by atoms with E-state index in [0.29, 0.717) is 19.1 Å². The molecule has 0 aliphatic heterocycles. The fourth-order valence-electron chi connectivity index (χ4n) is 2.01. The zero-order valence-electron chi connectivity index (χ0n) is 15.6. The lowest BCUT2D eigenvalue weighted by molar-refractivity contribution is 0.150. The second-order valence-electron chi connectivity index (χ2n) is 6.87. The van der Waals surface area contributed by atoms with E-state index in [1.807, 2.05) is 45.0 Å². The van der Waals surface area contributed by atoms with Crippen LogP contribution >= 0.6 is 0 Å². The van der Waals surface area contributed by atoms with Crippen molar-refractivity contribution in [2.45, 2.75) is 32.9 Å². The molecule has 6 nitrogen and oxygen atoms in total. The Morgan fingerprint density at radius 2 is 1.96 bits per heavy atom. The fourth-order valence-corrected chi connectivity index (χ4v) is 2.01. The van der Waals surface area contributed by atoms with E-state index in [1.54, 1.807) is 7.11 Å². The van der Waals surface area contributed by atoms with Crippen molar-refractivity contribution in [2.24, 2.45) is 10.7 Å². The number of methoxy groups -OCH3 is 1. The monoisotopic (exact) mass is 336 g/mol. The largest absolute Gasteiger partial charge is 0.492 e. The molecule has 0 saturated heterocycles. The first-order valence-corrected chi connectivity index (χ1v) is 8.27. The van der Waals surface area contributed by atoms with Crippen LogP contribution in [-0.2, 0) is 11.3 Å². The first-order valence-electron chi connectivity index (χ1n) is 8.27. The Morgan fingerprint density at radius 3 is 2.62 bits per heavy atom. The molecule has 1 rings (SSSR count). The van der Waals surface area contributed by atoms with Gasteiger partial charge in [0.25, 0.3) is 0 Å². The van der Waals surface area contributed by atoms with Crippen molar-refractivity contribution < 1.29 is 9.47 Å². The van der Waals surface area contributed by atoms with Crippen molar-refractivity contribution in [3.8, 4) is 5.75 Å². The molecule has 0 fully saturated rings. The van der Waals surface area contributed by atoms with E-state index in [0.717, 1.165) is 31.0 Å². The lowest BCUT2D eigenvalue weighted by Crippen LogP contribution is -2.44. The molecular weight excluding hydrogens is 304 g/mol. The van der Waals surface area contributed by atoms with Crippen molar-refractivity contribution >= 4 is 5.96 Å². The summed E-state index contributed by atoms with van der Waals surface area (Å²) >= 11 is 0. The molecule has 0 aromatic heterocycles. The van der Waals surface area contributed by atoms with Crippen molar-refractivity contribution in [3.05, 3.63) is 29.8 Å². The molecule has 3 N–H and O–H groups in total. The van der Waals surface area contributed by atoms with E-state index in [9.17, 15) is 0 Å².